The van der Waals surface area contributed by atoms with Gasteiger partial charge in [0.05, 0.1) is 18.6 Å². The van der Waals surface area contributed by atoms with Crippen LogP contribution >= 0.6 is 0 Å². The van der Waals surface area contributed by atoms with Crippen LogP contribution in [0.2, 0.25) is 0 Å². The lowest BCUT2D eigenvalue weighted by Gasteiger charge is -2.10. The molecule has 5 nitrogen and oxygen atoms in total. The molecule has 1 heterocycles. The number of hydrogen-bond donors (Lipinski definition) is 2. The molecule has 0 saturated heterocycles. The zero-order valence-electron chi connectivity index (χ0n) is 14.0. The zero-order chi connectivity index (χ0) is 17.1. The summed E-state index contributed by atoms with van der Waals surface area (Å²) in [7, 11) is 0. The minimum Gasteiger partial charge on any atom is -0.481 e. The van der Waals surface area contributed by atoms with E-state index in [9.17, 15) is 9.59 Å². The molecule has 0 radical (unpaired) electrons. The van der Waals surface area contributed by atoms with E-state index in [4.69, 9.17) is 9.52 Å². The summed E-state index contributed by atoms with van der Waals surface area (Å²) in [5, 5.41) is 12.4. The first kappa shape index (κ1) is 17.1. The highest BCUT2D eigenvalue weighted by molar-refractivity contribution is 5.88. The molecule has 2 rings (SSSR count). The fourth-order valence-corrected chi connectivity index (χ4v) is 2.59. The summed E-state index contributed by atoms with van der Waals surface area (Å²) in [6.45, 7) is 8.01. The van der Waals surface area contributed by atoms with Crippen LogP contribution < -0.4 is 5.32 Å². The third kappa shape index (κ3) is 3.92. The van der Waals surface area contributed by atoms with Crippen LogP contribution in [0.15, 0.2) is 22.8 Å². The van der Waals surface area contributed by atoms with E-state index in [1.54, 1.807) is 13.2 Å². The molecular weight excluding hydrogens is 294 g/mol. The quantitative estimate of drug-likeness (QED) is 0.857. The zero-order valence-corrected chi connectivity index (χ0v) is 14.0. The Morgan fingerprint density at radius 3 is 2.57 bits per heavy atom. The Hall–Kier alpha value is -2.30. The minimum atomic E-state index is -0.920. The van der Waals surface area contributed by atoms with Gasteiger partial charge in [-0.3, -0.25) is 9.59 Å². The van der Waals surface area contributed by atoms with Gasteiger partial charge < -0.3 is 14.8 Å². The van der Waals surface area contributed by atoms with Gasteiger partial charge >= 0.3 is 5.97 Å². The fourth-order valence-electron chi connectivity index (χ4n) is 2.59. The molecule has 0 aliphatic heterocycles. The van der Waals surface area contributed by atoms with Crippen molar-refractivity contribution in [2.75, 3.05) is 6.54 Å². The van der Waals surface area contributed by atoms with Gasteiger partial charge in [-0.25, -0.2) is 0 Å². The number of furan rings is 1. The Bertz CT molecular complexity index is 730. The van der Waals surface area contributed by atoms with E-state index in [-0.39, 0.29) is 18.9 Å². The standard InChI is InChI=1S/C18H23NO4/c1-10(2)14-7-15-13(9-23-16(15)5-11(14)3)6-17(20)19-8-12(4)18(21)22/h5,7,9-10,12H,6,8H2,1-4H3,(H,19,20)(H,21,22). The molecule has 0 saturated carbocycles. The number of hydrogen-bond acceptors (Lipinski definition) is 3. The number of amides is 1. The van der Waals surface area contributed by atoms with Crippen LogP contribution in [0.3, 0.4) is 0 Å². The van der Waals surface area contributed by atoms with Crippen LogP contribution in [0.4, 0.5) is 0 Å². The number of carboxylic acids is 1. The van der Waals surface area contributed by atoms with Crippen LogP contribution in [-0.2, 0) is 16.0 Å². The van der Waals surface area contributed by atoms with Gasteiger partial charge in [0.15, 0.2) is 0 Å². The molecule has 0 fully saturated rings. The third-order valence-corrected chi connectivity index (χ3v) is 4.04. The number of fused-ring (bicyclic) bond motifs is 1. The van der Waals surface area contributed by atoms with E-state index < -0.39 is 11.9 Å². The summed E-state index contributed by atoms with van der Waals surface area (Å²) in [4.78, 5) is 22.8. The van der Waals surface area contributed by atoms with Gasteiger partial charge in [0.25, 0.3) is 0 Å². The number of aryl methyl sites for hydroxylation is 1. The highest BCUT2D eigenvalue weighted by Gasteiger charge is 2.16. The Kier molecular flexibility index (Phi) is 5.08. The van der Waals surface area contributed by atoms with Gasteiger partial charge in [-0.1, -0.05) is 20.8 Å². The molecule has 2 N–H and O–H groups in total. The van der Waals surface area contributed by atoms with Crippen molar-refractivity contribution in [1.29, 1.82) is 0 Å². The molecule has 0 aliphatic carbocycles. The van der Waals surface area contributed by atoms with E-state index >= 15 is 0 Å². The molecular formula is C18H23NO4. The van der Waals surface area contributed by atoms with Gasteiger partial charge in [0.1, 0.15) is 5.58 Å². The topological polar surface area (TPSA) is 79.5 Å². The smallest absolute Gasteiger partial charge is 0.308 e. The van der Waals surface area contributed by atoms with Crippen LogP contribution in [0.25, 0.3) is 11.0 Å². The highest BCUT2D eigenvalue weighted by atomic mass is 16.4. The lowest BCUT2D eigenvalue weighted by Crippen LogP contribution is -2.32. The SMILES string of the molecule is Cc1cc2occ(CC(=O)NCC(C)C(=O)O)c2cc1C(C)C. The van der Waals surface area contributed by atoms with Crippen LogP contribution in [0, 0.1) is 12.8 Å². The first-order chi connectivity index (χ1) is 10.8. The number of carboxylic acid groups (broad SMARTS) is 1. The van der Waals surface area contributed by atoms with Gasteiger partial charge in [-0.15, -0.1) is 0 Å². The average molecular weight is 317 g/mol. The van der Waals surface area contributed by atoms with Crippen molar-refractivity contribution in [1.82, 2.24) is 5.32 Å². The maximum atomic E-state index is 12.0. The van der Waals surface area contributed by atoms with E-state index in [0.717, 1.165) is 16.5 Å². The van der Waals surface area contributed by atoms with Crippen molar-refractivity contribution in [3.63, 3.8) is 0 Å². The molecule has 1 aromatic heterocycles. The molecule has 124 valence electrons. The maximum Gasteiger partial charge on any atom is 0.308 e. The normalized spacial score (nSPS) is 12.6. The molecule has 1 aromatic carbocycles. The second-order valence-electron chi connectivity index (χ2n) is 6.34. The van der Waals surface area contributed by atoms with Gasteiger partial charge in [0.2, 0.25) is 5.91 Å². The van der Waals surface area contributed by atoms with E-state index in [1.807, 2.05) is 6.07 Å². The molecule has 2 aromatic rings. The summed E-state index contributed by atoms with van der Waals surface area (Å²) in [5.74, 6) is -1.33. The van der Waals surface area contributed by atoms with Crippen molar-refractivity contribution in [2.45, 2.75) is 40.0 Å². The van der Waals surface area contributed by atoms with Crippen molar-refractivity contribution in [3.05, 3.63) is 35.1 Å². The van der Waals surface area contributed by atoms with Gasteiger partial charge in [0, 0.05) is 17.5 Å². The number of benzene rings is 1. The molecule has 0 spiro atoms. The predicted molar refractivity (Wildman–Crippen MR) is 88.6 cm³/mol. The Balaban J connectivity index is 2.15. The van der Waals surface area contributed by atoms with Crippen molar-refractivity contribution in [3.8, 4) is 0 Å². The van der Waals surface area contributed by atoms with Gasteiger partial charge in [-0.05, 0) is 36.1 Å². The molecule has 23 heavy (non-hydrogen) atoms. The molecule has 5 heteroatoms. The summed E-state index contributed by atoms with van der Waals surface area (Å²) in [6.07, 6.45) is 1.79. The molecule has 1 unspecified atom stereocenters. The van der Waals surface area contributed by atoms with E-state index in [0.29, 0.717) is 5.92 Å². The Morgan fingerprint density at radius 1 is 1.26 bits per heavy atom. The lowest BCUT2D eigenvalue weighted by atomic mass is 9.95. The monoisotopic (exact) mass is 317 g/mol. The summed E-state index contributed by atoms with van der Waals surface area (Å²) in [6, 6.07) is 4.08. The number of nitrogens with one attached hydrogen (secondary N) is 1. The minimum absolute atomic E-state index is 0.125. The molecule has 1 amide bonds. The van der Waals surface area contributed by atoms with Crippen LogP contribution in [-0.4, -0.2) is 23.5 Å². The number of carbonyl (C=O) groups is 2. The Morgan fingerprint density at radius 2 is 1.96 bits per heavy atom. The van der Waals surface area contributed by atoms with Crippen molar-refractivity contribution < 1.29 is 19.1 Å². The lowest BCUT2D eigenvalue weighted by molar-refractivity contribution is -0.141. The fraction of sp³-hybridized carbons (Fsp3) is 0.444. The van der Waals surface area contributed by atoms with Crippen LogP contribution in [0.1, 0.15) is 43.4 Å². The maximum absolute atomic E-state index is 12.0. The second kappa shape index (κ2) is 6.86. The first-order valence-corrected chi connectivity index (χ1v) is 7.79. The number of rotatable bonds is 6. The van der Waals surface area contributed by atoms with Crippen LogP contribution in [0.5, 0.6) is 0 Å². The highest BCUT2D eigenvalue weighted by Crippen LogP contribution is 2.29. The van der Waals surface area contributed by atoms with E-state index in [1.165, 1.54) is 11.1 Å². The van der Waals surface area contributed by atoms with E-state index in [2.05, 4.69) is 32.2 Å². The van der Waals surface area contributed by atoms with Crippen molar-refractivity contribution in [2.24, 2.45) is 5.92 Å². The third-order valence-electron chi connectivity index (χ3n) is 4.04. The molecule has 0 aliphatic rings. The summed E-state index contributed by atoms with van der Waals surface area (Å²) < 4.78 is 5.56. The largest absolute Gasteiger partial charge is 0.481 e. The number of aliphatic carboxylic acids is 1. The molecule has 0 bridgehead atoms. The summed E-state index contributed by atoms with van der Waals surface area (Å²) >= 11 is 0. The summed E-state index contributed by atoms with van der Waals surface area (Å²) in [5.41, 5.74) is 4.00. The average Bonchev–Trinajstić information content (AvgIpc) is 2.85. The van der Waals surface area contributed by atoms with Gasteiger partial charge in [-0.2, -0.15) is 0 Å². The predicted octanol–water partition coefficient (Wildman–Crippen LogP) is 3.24. The van der Waals surface area contributed by atoms with Crippen molar-refractivity contribution >= 4 is 22.8 Å². The second-order valence-corrected chi connectivity index (χ2v) is 6.34. The molecule has 1 atom stereocenters. The number of carbonyl (C=O) groups excluding carboxylic acids is 1. The Labute approximate surface area is 135 Å². The first-order valence-electron chi connectivity index (χ1n) is 7.79.